The number of alkyl halides is 3. The molecule has 0 bridgehead atoms. The zero-order chi connectivity index (χ0) is 23.0. The van der Waals surface area contributed by atoms with Gasteiger partial charge < -0.3 is 14.8 Å². The molecule has 170 valence electrons. The number of fused-ring (bicyclic) bond motifs is 1. The van der Waals surface area contributed by atoms with E-state index in [9.17, 15) is 18.0 Å². The molecule has 0 spiro atoms. The van der Waals surface area contributed by atoms with Crippen molar-refractivity contribution >= 4 is 5.91 Å². The molecule has 3 aromatic rings. The number of nitrogens with zero attached hydrogens (tertiary/aromatic N) is 5. The molecular formula is C20H21F3N6O3. The molecule has 1 aliphatic rings. The van der Waals surface area contributed by atoms with E-state index in [4.69, 9.17) is 9.47 Å². The number of ether oxygens (including phenoxy) is 2. The summed E-state index contributed by atoms with van der Waals surface area (Å²) in [6.07, 6.45) is -3.24. The molecule has 1 N–H and O–H groups in total. The number of halogens is 3. The summed E-state index contributed by atoms with van der Waals surface area (Å²) in [7, 11) is 4.30. The van der Waals surface area contributed by atoms with Gasteiger partial charge in [-0.25, -0.2) is 0 Å². The van der Waals surface area contributed by atoms with Crippen molar-refractivity contribution in [2.24, 2.45) is 7.05 Å². The Hall–Kier alpha value is -3.57. The Morgan fingerprint density at radius 2 is 1.81 bits per heavy atom. The van der Waals surface area contributed by atoms with E-state index in [1.165, 1.54) is 21.3 Å². The summed E-state index contributed by atoms with van der Waals surface area (Å²) in [6, 6.07) is 5.61. The third-order valence-electron chi connectivity index (χ3n) is 5.23. The maximum Gasteiger partial charge on any atom is 0.435 e. The fourth-order valence-corrected chi connectivity index (χ4v) is 3.66. The van der Waals surface area contributed by atoms with E-state index in [1.807, 2.05) is 6.07 Å². The molecule has 4 rings (SSSR count). The van der Waals surface area contributed by atoms with Gasteiger partial charge in [0.15, 0.2) is 5.69 Å². The predicted molar refractivity (Wildman–Crippen MR) is 106 cm³/mol. The van der Waals surface area contributed by atoms with Crippen LogP contribution in [0.25, 0.3) is 11.3 Å². The van der Waals surface area contributed by atoms with Crippen LogP contribution >= 0.6 is 0 Å². The highest BCUT2D eigenvalue weighted by Gasteiger charge is 2.36. The summed E-state index contributed by atoms with van der Waals surface area (Å²) in [6.45, 7) is 0.658. The minimum Gasteiger partial charge on any atom is -0.481 e. The van der Waals surface area contributed by atoms with E-state index in [-0.39, 0.29) is 5.69 Å². The van der Waals surface area contributed by atoms with E-state index in [2.05, 4.69) is 20.5 Å². The lowest BCUT2D eigenvalue weighted by Gasteiger charge is -2.24. The van der Waals surface area contributed by atoms with E-state index >= 15 is 0 Å². The summed E-state index contributed by atoms with van der Waals surface area (Å²) in [5.74, 6) is 0.0997. The lowest BCUT2D eigenvalue weighted by atomic mass is 10.0. The van der Waals surface area contributed by atoms with Crippen LogP contribution in [0.5, 0.6) is 11.8 Å². The number of aryl methyl sites for hydroxylation is 2. The van der Waals surface area contributed by atoms with Crippen molar-refractivity contribution in [1.82, 2.24) is 29.9 Å². The van der Waals surface area contributed by atoms with Crippen molar-refractivity contribution in [2.75, 3.05) is 14.2 Å². The molecule has 3 aromatic heterocycles. The van der Waals surface area contributed by atoms with Crippen LogP contribution in [0.4, 0.5) is 13.2 Å². The van der Waals surface area contributed by atoms with Crippen molar-refractivity contribution in [3.05, 3.63) is 41.3 Å². The lowest BCUT2D eigenvalue weighted by molar-refractivity contribution is -0.141. The van der Waals surface area contributed by atoms with Crippen molar-refractivity contribution in [3.8, 4) is 23.0 Å². The molecule has 0 unspecified atom stereocenters. The number of carbonyl (C=O) groups is 1. The number of aromatic nitrogens is 5. The fourth-order valence-electron chi connectivity index (χ4n) is 3.66. The van der Waals surface area contributed by atoms with E-state index in [0.717, 1.165) is 28.4 Å². The Labute approximate surface area is 181 Å². The second-order valence-electron chi connectivity index (χ2n) is 7.32. The van der Waals surface area contributed by atoms with Gasteiger partial charge in [0.05, 0.1) is 31.6 Å². The van der Waals surface area contributed by atoms with Crippen LogP contribution in [-0.2, 0) is 19.8 Å². The largest absolute Gasteiger partial charge is 0.481 e. The van der Waals surface area contributed by atoms with Crippen LogP contribution in [0.2, 0.25) is 0 Å². The van der Waals surface area contributed by atoms with Crippen molar-refractivity contribution < 1.29 is 27.4 Å². The normalized spacial score (nSPS) is 15.9. The summed E-state index contributed by atoms with van der Waals surface area (Å²) in [5.41, 5.74) is 0.842. The second-order valence-corrected chi connectivity index (χ2v) is 7.32. The molecule has 0 fully saturated rings. The maximum atomic E-state index is 12.9. The second kappa shape index (κ2) is 8.17. The predicted octanol–water partition coefficient (Wildman–Crippen LogP) is 2.98. The third-order valence-corrected chi connectivity index (χ3v) is 5.23. The van der Waals surface area contributed by atoms with Crippen molar-refractivity contribution in [1.29, 1.82) is 0 Å². The summed E-state index contributed by atoms with van der Waals surface area (Å²) < 4.78 is 51.9. The molecule has 32 heavy (non-hydrogen) atoms. The number of amides is 1. The van der Waals surface area contributed by atoms with Crippen LogP contribution in [0.1, 0.15) is 40.8 Å². The Morgan fingerprint density at radius 3 is 2.41 bits per heavy atom. The third kappa shape index (κ3) is 4.12. The number of hydrogen-bond acceptors (Lipinski definition) is 6. The maximum absolute atomic E-state index is 12.9. The monoisotopic (exact) mass is 450 g/mol. The minimum atomic E-state index is -4.62. The molecule has 1 aliphatic heterocycles. The van der Waals surface area contributed by atoms with Gasteiger partial charge in [0, 0.05) is 37.4 Å². The molecular weight excluding hydrogens is 429 g/mol. The van der Waals surface area contributed by atoms with E-state index in [1.54, 1.807) is 16.8 Å². The zero-order valence-corrected chi connectivity index (χ0v) is 17.6. The molecule has 1 atom stereocenters. The molecule has 4 heterocycles. The molecule has 9 nitrogen and oxygen atoms in total. The molecule has 1 amide bonds. The standard InChI is InChI=1S/C20H21F3N6O3/c1-28-15(10-16(27-28)20(21,22)23)19(30)24-12-5-4-6-29-14(12)9-13(26-29)11-7-17(31-2)25-18(8-11)32-3/h7-10,12H,4-6H2,1-3H3,(H,24,30)/t12-/m0/s1. The van der Waals surface area contributed by atoms with Gasteiger partial charge in [-0.05, 0) is 18.9 Å². The number of nitrogens with one attached hydrogen (secondary N) is 1. The first-order valence-corrected chi connectivity index (χ1v) is 9.80. The van der Waals surface area contributed by atoms with Crippen LogP contribution in [0, 0.1) is 0 Å². The van der Waals surface area contributed by atoms with Crippen molar-refractivity contribution in [2.45, 2.75) is 31.6 Å². The lowest BCUT2D eigenvalue weighted by Crippen LogP contribution is -2.33. The SMILES string of the molecule is COc1cc(-c2cc3n(n2)CCC[C@@H]3NC(=O)c2cc(C(F)(F)F)nn2C)cc(OC)n1. The zero-order valence-electron chi connectivity index (χ0n) is 17.6. The van der Waals surface area contributed by atoms with Crippen LogP contribution in [0.3, 0.4) is 0 Å². The number of hydrogen-bond donors (Lipinski definition) is 1. The molecule has 0 aromatic carbocycles. The average Bonchev–Trinajstić information content (AvgIpc) is 3.37. The Kier molecular flexibility index (Phi) is 5.53. The van der Waals surface area contributed by atoms with Gasteiger partial charge in [0.2, 0.25) is 11.8 Å². The summed E-state index contributed by atoms with van der Waals surface area (Å²) in [5, 5.41) is 10.8. The van der Waals surface area contributed by atoms with E-state index in [0.29, 0.717) is 30.4 Å². The van der Waals surface area contributed by atoms with Crippen LogP contribution in [0.15, 0.2) is 24.3 Å². The number of rotatable bonds is 5. The van der Waals surface area contributed by atoms with Crippen LogP contribution < -0.4 is 14.8 Å². The number of carbonyl (C=O) groups excluding carboxylic acids is 1. The van der Waals surface area contributed by atoms with Crippen LogP contribution in [-0.4, -0.2) is 44.7 Å². The number of methoxy groups -OCH3 is 2. The smallest absolute Gasteiger partial charge is 0.435 e. The molecule has 0 saturated carbocycles. The molecule has 0 saturated heterocycles. The highest BCUT2D eigenvalue weighted by atomic mass is 19.4. The quantitative estimate of drug-likeness (QED) is 0.642. The van der Waals surface area contributed by atoms with Gasteiger partial charge in [0.25, 0.3) is 5.91 Å². The number of pyridine rings is 1. The van der Waals surface area contributed by atoms with Gasteiger partial charge in [0.1, 0.15) is 5.69 Å². The first-order valence-electron chi connectivity index (χ1n) is 9.80. The topological polar surface area (TPSA) is 96.1 Å². The summed E-state index contributed by atoms with van der Waals surface area (Å²) >= 11 is 0. The molecule has 0 aliphatic carbocycles. The van der Waals surface area contributed by atoms with Crippen molar-refractivity contribution in [3.63, 3.8) is 0 Å². The Bertz CT molecular complexity index is 1130. The van der Waals surface area contributed by atoms with Gasteiger partial charge in [-0.15, -0.1) is 0 Å². The fraction of sp³-hybridized carbons (Fsp3) is 0.400. The van der Waals surface area contributed by atoms with E-state index < -0.39 is 23.8 Å². The van der Waals surface area contributed by atoms with Gasteiger partial charge in [-0.3, -0.25) is 14.2 Å². The first kappa shape index (κ1) is 21.7. The first-order chi connectivity index (χ1) is 15.2. The summed E-state index contributed by atoms with van der Waals surface area (Å²) in [4.78, 5) is 16.9. The highest BCUT2D eigenvalue weighted by Crippen LogP contribution is 2.32. The highest BCUT2D eigenvalue weighted by molar-refractivity contribution is 5.93. The average molecular weight is 450 g/mol. The van der Waals surface area contributed by atoms with Gasteiger partial charge in [-0.1, -0.05) is 0 Å². The Morgan fingerprint density at radius 1 is 1.12 bits per heavy atom. The minimum absolute atomic E-state index is 0.169. The molecule has 12 heteroatoms. The molecule has 0 radical (unpaired) electrons. The van der Waals surface area contributed by atoms with Gasteiger partial charge in [-0.2, -0.15) is 28.4 Å². The Balaban J connectivity index is 1.61. The van der Waals surface area contributed by atoms with Gasteiger partial charge >= 0.3 is 6.18 Å².